The third-order valence-electron chi connectivity index (χ3n) is 4.44. The summed E-state index contributed by atoms with van der Waals surface area (Å²) in [4.78, 5) is 12.2. The maximum Gasteiger partial charge on any atom is 0.336 e. The Morgan fingerprint density at radius 3 is 2.38 bits per heavy atom. The Bertz CT molecular complexity index is 1540. The van der Waals surface area contributed by atoms with Gasteiger partial charge < -0.3 is 15.9 Å². The van der Waals surface area contributed by atoms with E-state index in [-0.39, 0.29) is 50.6 Å². The molecule has 0 bridgehead atoms. The number of anilines is 2. The number of pyridine rings is 1. The van der Waals surface area contributed by atoms with Gasteiger partial charge in [0.1, 0.15) is 46.3 Å². The Labute approximate surface area is 167 Å². The van der Waals surface area contributed by atoms with Gasteiger partial charge in [0, 0.05) is 27.6 Å². The van der Waals surface area contributed by atoms with Gasteiger partial charge in [-0.3, -0.25) is 0 Å². The highest BCUT2D eigenvalue weighted by molar-refractivity contribution is 6.31. The number of nitrogens with zero attached hydrogens (tertiary/aromatic N) is 5. The lowest BCUT2D eigenvalue weighted by Gasteiger charge is -2.13. The molecule has 4 aromatic rings. The van der Waals surface area contributed by atoms with Crippen molar-refractivity contribution < 1.29 is 4.42 Å². The molecule has 0 amide bonds. The van der Waals surface area contributed by atoms with Crippen LogP contribution in [0.4, 0.5) is 11.6 Å². The minimum absolute atomic E-state index is 0.0439. The fourth-order valence-corrected chi connectivity index (χ4v) is 3.43. The van der Waals surface area contributed by atoms with Gasteiger partial charge in [-0.25, -0.2) is 9.31 Å². The molecule has 0 fully saturated rings. The molecule has 0 saturated carbocycles. The molecule has 0 unspecified atom stereocenters. The number of fused-ring (bicyclic) bond motifs is 2. The quantitative estimate of drug-likeness (QED) is 0.458. The topological polar surface area (TPSA) is 171 Å². The maximum absolute atomic E-state index is 12.2. The third kappa shape index (κ3) is 2.45. The first-order valence-corrected chi connectivity index (χ1v) is 8.36. The van der Waals surface area contributed by atoms with Crippen LogP contribution in [-0.2, 0) is 0 Å². The molecule has 29 heavy (non-hydrogen) atoms. The molecule has 9 nitrogen and oxygen atoms in total. The predicted molar refractivity (Wildman–Crippen MR) is 105 cm³/mol. The first kappa shape index (κ1) is 17.9. The number of hydrogen-bond acceptors (Lipinski definition) is 8. The Balaban J connectivity index is 2.34. The molecule has 4 N–H and O–H groups in total. The standard InChI is InChI=1S/C19H8ClN7O2/c20-8-1-2-14-9(3-8)10(4-15(28)29-14)16-11(5-21)17-13(7-23)18(24)26-27(17)19(25)12(16)6-22/h1-4H,25H2,(H2,24,26). The molecule has 4 rings (SSSR count). The van der Waals surface area contributed by atoms with Crippen LogP contribution in [0.1, 0.15) is 16.7 Å². The van der Waals surface area contributed by atoms with E-state index < -0.39 is 5.63 Å². The second-order valence-corrected chi connectivity index (χ2v) is 6.42. The molecular formula is C19H8ClN7O2. The van der Waals surface area contributed by atoms with Crippen LogP contribution < -0.4 is 17.1 Å². The lowest BCUT2D eigenvalue weighted by Crippen LogP contribution is -2.08. The molecule has 0 aliphatic heterocycles. The summed E-state index contributed by atoms with van der Waals surface area (Å²) >= 11 is 6.09. The largest absolute Gasteiger partial charge is 0.423 e. The van der Waals surface area contributed by atoms with Crippen molar-refractivity contribution in [2.45, 2.75) is 0 Å². The van der Waals surface area contributed by atoms with Crippen molar-refractivity contribution in [3.05, 3.63) is 56.4 Å². The van der Waals surface area contributed by atoms with Crippen molar-refractivity contribution in [2.75, 3.05) is 11.5 Å². The van der Waals surface area contributed by atoms with Crippen molar-refractivity contribution in [3.63, 3.8) is 0 Å². The van der Waals surface area contributed by atoms with E-state index in [0.717, 1.165) is 10.6 Å². The number of benzene rings is 1. The SMILES string of the molecule is N#Cc1c(-c2cc(=O)oc3ccc(Cl)cc23)c(C#N)c2c(C#N)c(N)nn2c1N. The summed E-state index contributed by atoms with van der Waals surface area (Å²) in [6, 6.07) is 11.5. The van der Waals surface area contributed by atoms with Crippen molar-refractivity contribution in [3.8, 4) is 29.3 Å². The summed E-state index contributed by atoms with van der Waals surface area (Å²) in [6.45, 7) is 0. The maximum atomic E-state index is 12.2. The highest BCUT2D eigenvalue weighted by Crippen LogP contribution is 2.39. The lowest BCUT2D eigenvalue weighted by atomic mass is 9.92. The van der Waals surface area contributed by atoms with Gasteiger partial charge in [-0.2, -0.15) is 15.8 Å². The Morgan fingerprint density at radius 1 is 1.03 bits per heavy atom. The van der Waals surface area contributed by atoms with Crippen LogP contribution in [0.5, 0.6) is 0 Å². The fraction of sp³-hybridized carbons (Fsp3) is 0. The second-order valence-electron chi connectivity index (χ2n) is 5.99. The van der Waals surface area contributed by atoms with Gasteiger partial charge in [0.15, 0.2) is 5.82 Å². The summed E-state index contributed by atoms with van der Waals surface area (Å²) < 4.78 is 6.27. The third-order valence-corrected chi connectivity index (χ3v) is 4.68. The van der Waals surface area contributed by atoms with Crippen LogP contribution in [0.3, 0.4) is 0 Å². The Morgan fingerprint density at radius 2 is 1.72 bits per heavy atom. The molecule has 0 atom stereocenters. The summed E-state index contributed by atoms with van der Waals surface area (Å²) in [7, 11) is 0. The van der Waals surface area contributed by atoms with Crippen LogP contribution >= 0.6 is 11.6 Å². The van der Waals surface area contributed by atoms with Crippen molar-refractivity contribution in [2.24, 2.45) is 0 Å². The van der Waals surface area contributed by atoms with E-state index in [0.29, 0.717) is 10.4 Å². The molecule has 3 aromatic heterocycles. The van der Waals surface area contributed by atoms with Crippen molar-refractivity contribution >= 4 is 39.7 Å². The smallest absolute Gasteiger partial charge is 0.336 e. The molecule has 138 valence electrons. The van der Waals surface area contributed by atoms with Gasteiger partial charge in [0.2, 0.25) is 0 Å². The van der Waals surface area contributed by atoms with E-state index in [1.54, 1.807) is 0 Å². The minimum Gasteiger partial charge on any atom is -0.423 e. The summed E-state index contributed by atoms with van der Waals surface area (Å²) in [5.41, 5.74) is 11.5. The average Bonchev–Trinajstić information content (AvgIpc) is 3.04. The number of hydrogen-bond donors (Lipinski definition) is 2. The second kappa shape index (κ2) is 6.28. The summed E-state index contributed by atoms with van der Waals surface area (Å²) in [5.74, 6) is -0.273. The predicted octanol–water partition coefficient (Wildman–Crippen LogP) is 2.54. The van der Waals surface area contributed by atoms with E-state index in [9.17, 15) is 20.6 Å². The van der Waals surface area contributed by atoms with Crippen LogP contribution in [-0.4, -0.2) is 9.61 Å². The molecule has 0 saturated heterocycles. The first-order valence-electron chi connectivity index (χ1n) is 7.99. The number of nitriles is 3. The number of nitrogen functional groups attached to an aromatic ring is 2. The molecular weight excluding hydrogens is 394 g/mol. The zero-order valence-corrected chi connectivity index (χ0v) is 15.2. The normalized spacial score (nSPS) is 10.6. The minimum atomic E-state index is -0.699. The molecule has 1 aromatic carbocycles. The van der Waals surface area contributed by atoms with Crippen molar-refractivity contribution in [1.29, 1.82) is 15.8 Å². The van der Waals surface area contributed by atoms with Crippen LogP contribution in [0.2, 0.25) is 5.02 Å². The molecule has 0 aliphatic carbocycles. The van der Waals surface area contributed by atoms with Crippen LogP contribution in [0, 0.1) is 34.0 Å². The number of halogens is 1. The molecule has 10 heteroatoms. The van der Waals surface area contributed by atoms with E-state index in [4.69, 9.17) is 27.5 Å². The molecule has 0 radical (unpaired) electrons. The van der Waals surface area contributed by atoms with E-state index in [1.165, 1.54) is 18.2 Å². The molecule has 3 heterocycles. The zero-order chi connectivity index (χ0) is 20.9. The van der Waals surface area contributed by atoms with Crippen LogP contribution in [0.15, 0.2) is 33.5 Å². The molecule has 0 spiro atoms. The van der Waals surface area contributed by atoms with Gasteiger partial charge in [0.05, 0.1) is 5.56 Å². The highest BCUT2D eigenvalue weighted by atomic mass is 35.5. The average molecular weight is 402 g/mol. The molecule has 0 aliphatic rings. The lowest BCUT2D eigenvalue weighted by molar-refractivity contribution is 0.561. The Kier molecular flexibility index (Phi) is 3.87. The Hall–Kier alpha value is -4.52. The number of nitrogens with two attached hydrogens (primary N) is 2. The number of aromatic nitrogens is 2. The summed E-state index contributed by atoms with van der Waals surface area (Å²) in [6.07, 6.45) is 0. The van der Waals surface area contributed by atoms with Gasteiger partial charge in [0.25, 0.3) is 0 Å². The monoisotopic (exact) mass is 401 g/mol. The summed E-state index contributed by atoms with van der Waals surface area (Å²) in [5, 5.41) is 33.8. The van der Waals surface area contributed by atoms with Gasteiger partial charge in [-0.1, -0.05) is 11.6 Å². The van der Waals surface area contributed by atoms with E-state index in [1.807, 2.05) is 18.2 Å². The zero-order valence-electron chi connectivity index (χ0n) is 14.4. The van der Waals surface area contributed by atoms with Crippen LogP contribution in [0.25, 0.3) is 27.6 Å². The van der Waals surface area contributed by atoms with Gasteiger partial charge in [-0.05, 0) is 18.2 Å². The first-order chi connectivity index (χ1) is 13.9. The van der Waals surface area contributed by atoms with Gasteiger partial charge in [-0.15, -0.1) is 5.10 Å². The van der Waals surface area contributed by atoms with E-state index in [2.05, 4.69) is 5.10 Å². The number of rotatable bonds is 1. The van der Waals surface area contributed by atoms with E-state index >= 15 is 0 Å². The highest BCUT2D eigenvalue weighted by Gasteiger charge is 2.26. The van der Waals surface area contributed by atoms with Crippen molar-refractivity contribution in [1.82, 2.24) is 9.61 Å². The fourth-order valence-electron chi connectivity index (χ4n) is 3.26. The van der Waals surface area contributed by atoms with Gasteiger partial charge >= 0.3 is 5.63 Å².